The molecule has 0 saturated heterocycles. The van der Waals surface area contributed by atoms with E-state index in [9.17, 15) is 26.4 Å². The van der Waals surface area contributed by atoms with Crippen LogP contribution < -0.4 is 4.74 Å². The lowest BCUT2D eigenvalue weighted by atomic mass is 9.99. The number of alkyl halides is 3. The van der Waals surface area contributed by atoms with Gasteiger partial charge in [0.1, 0.15) is 15.7 Å². The number of carbonyl (C=O) groups is 1. The van der Waals surface area contributed by atoms with Gasteiger partial charge >= 0.3 is 6.18 Å². The van der Waals surface area contributed by atoms with Crippen LogP contribution in [-0.2, 0) is 29.0 Å². The first-order chi connectivity index (χ1) is 15.0. The van der Waals surface area contributed by atoms with Crippen LogP contribution in [0.25, 0.3) is 0 Å². The van der Waals surface area contributed by atoms with Crippen molar-refractivity contribution in [1.29, 1.82) is 0 Å². The molecule has 0 unspecified atom stereocenters. The van der Waals surface area contributed by atoms with Crippen LogP contribution >= 0.6 is 11.3 Å². The molecule has 0 radical (unpaired) electrons. The van der Waals surface area contributed by atoms with Gasteiger partial charge in [-0.1, -0.05) is 6.07 Å². The average Bonchev–Trinajstić information content (AvgIpc) is 3.23. The highest BCUT2D eigenvalue weighted by atomic mass is 32.2. The summed E-state index contributed by atoms with van der Waals surface area (Å²) in [5, 5.41) is 0. The van der Waals surface area contributed by atoms with Crippen LogP contribution in [0.2, 0.25) is 0 Å². The Hall–Kier alpha value is -2.85. The zero-order valence-corrected chi connectivity index (χ0v) is 18.5. The predicted octanol–water partition coefficient (Wildman–Crippen LogP) is 5.16. The van der Waals surface area contributed by atoms with E-state index in [-0.39, 0.29) is 15.9 Å². The first kappa shape index (κ1) is 22.3. The Morgan fingerprint density at radius 1 is 1.00 bits per heavy atom. The van der Waals surface area contributed by atoms with Gasteiger partial charge in [0.25, 0.3) is 5.91 Å². The van der Waals surface area contributed by atoms with Gasteiger partial charge in [-0.25, -0.2) is 8.42 Å². The van der Waals surface area contributed by atoms with Crippen LogP contribution in [0.3, 0.4) is 0 Å². The van der Waals surface area contributed by atoms with Gasteiger partial charge in [-0.15, -0.1) is 11.3 Å². The van der Waals surface area contributed by atoms with Gasteiger partial charge < -0.3 is 9.64 Å². The number of ether oxygens (including phenoxy) is 1. The fourth-order valence-corrected chi connectivity index (χ4v) is 5.30. The van der Waals surface area contributed by atoms with E-state index >= 15 is 0 Å². The summed E-state index contributed by atoms with van der Waals surface area (Å²) in [6, 6.07) is 12.8. The Morgan fingerprint density at radius 3 is 2.31 bits per heavy atom. The minimum atomic E-state index is -4.41. The van der Waals surface area contributed by atoms with Crippen molar-refractivity contribution in [3.8, 4) is 11.5 Å². The summed E-state index contributed by atoms with van der Waals surface area (Å²) in [7, 11) is -3.37. The maximum absolute atomic E-state index is 12.9. The lowest BCUT2D eigenvalue weighted by Gasteiger charge is -2.29. The predicted molar refractivity (Wildman–Crippen MR) is 114 cm³/mol. The van der Waals surface area contributed by atoms with Crippen molar-refractivity contribution in [3.05, 3.63) is 76.2 Å². The van der Waals surface area contributed by atoms with E-state index < -0.39 is 21.6 Å². The Labute approximate surface area is 187 Å². The number of hydrogen-bond donors (Lipinski definition) is 0. The zero-order valence-electron chi connectivity index (χ0n) is 16.8. The van der Waals surface area contributed by atoms with Gasteiger partial charge in [0.05, 0.1) is 10.4 Å². The second-order valence-electron chi connectivity index (χ2n) is 7.42. The van der Waals surface area contributed by atoms with E-state index in [2.05, 4.69) is 0 Å². The van der Waals surface area contributed by atoms with E-state index in [0.717, 1.165) is 40.9 Å². The molecule has 1 aromatic heterocycles. The molecule has 0 saturated carbocycles. The molecule has 0 atom stereocenters. The summed E-state index contributed by atoms with van der Waals surface area (Å²) in [5.41, 5.74) is 1.17. The molecule has 0 fully saturated rings. The van der Waals surface area contributed by atoms with E-state index in [4.69, 9.17) is 4.74 Å². The van der Waals surface area contributed by atoms with E-state index in [1.165, 1.54) is 24.3 Å². The van der Waals surface area contributed by atoms with Gasteiger partial charge in [0.15, 0.2) is 9.84 Å². The summed E-state index contributed by atoms with van der Waals surface area (Å²) in [5.74, 6) is 0.478. The Morgan fingerprint density at radius 2 is 1.69 bits per heavy atom. The number of hydrogen-bond acceptors (Lipinski definition) is 5. The average molecular weight is 482 g/mol. The van der Waals surface area contributed by atoms with Crippen LogP contribution in [-0.4, -0.2) is 32.0 Å². The highest BCUT2D eigenvalue weighted by Gasteiger charge is 2.30. The maximum Gasteiger partial charge on any atom is 0.416 e. The molecule has 3 aromatic rings. The first-order valence-corrected chi connectivity index (χ1v) is 12.3. The van der Waals surface area contributed by atoms with Crippen LogP contribution in [0, 0.1) is 0 Å². The third-order valence-corrected chi connectivity index (χ3v) is 7.95. The second kappa shape index (κ2) is 8.25. The number of nitrogens with zero attached hydrogens (tertiary/aromatic N) is 1. The van der Waals surface area contributed by atoms with Gasteiger partial charge in [0.2, 0.25) is 0 Å². The van der Waals surface area contributed by atoms with E-state index in [1.807, 2.05) is 6.07 Å². The first-order valence-electron chi connectivity index (χ1n) is 9.57. The Bertz CT molecular complexity index is 1270. The van der Waals surface area contributed by atoms with Crippen molar-refractivity contribution in [2.45, 2.75) is 23.4 Å². The molecule has 5 nitrogen and oxygen atoms in total. The molecular formula is C22H18F3NO4S2. The number of sulfone groups is 1. The van der Waals surface area contributed by atoms with Crippen molar-refractivity contribution >= 4 is 27.1 Å². The quantitative estimate of drug-likeness (QED) is 0.516. The van der Waals surface area contributed by atoms with Crippen LogP contribution in [0.1, 0.15) is 26.4 Å². The molecule has 2 aromatic carbocycles. The number of thiophene rings is 1. The summed E-state index contributed by atoms with van der Waals surface area (Å²) >= 11 is 0.947. The molecule has 32 heavy (non-hydrogen) atoms. The highest BCUT2D eigenvalue weighted by Crippen LogP contribution is 2.33. The van der Waals surface area contributed by atoms with Crippen molar-refractivity contribution in [2.24, 2.45) is 0 Å². The zero-order chi connectivity index (χ0) is 23.1. The van der Waals surface area contributed by atoms with Crippen LogP contribution in [0.4, 0.5) is 13.2 Å². The maximum atomic E-state index is 12.9. The number of fused-ring (bicyclic) bond motifs is 1. The number of halogens is 3. The summed E-state index contributed by atoms with van der Waals surface area (Å²) in [4.78, 5) is 14.9. The van der Waals surface area contributed by atoms with E-state index in [1.54, 1.807) is 17.0 Å². The molecule has 0 bridgehead atoms. The molecule has 1 amide bonds. The minimum absolute atomic E-state index is 0.144. The molecule has 0 N–H and O–H groups in total. The van der Waals surface area contributed by atoms with Crippen LogP contribution in [0.15, 0.2) is 58.8 Å². The summed E-state index contributed by atoms with van der Waals surface area (Å²) in [6.45, 7) is 0.821. The topological polar surface area (TPSA) is 63.7 Å². The van der Waals surface area contributed by atoms with Crippen molar-refractivity contribution in [3.63, 3.8) is 0 Å². The SMILES string of the molecule is CS(=O)(=O)c1ccc(C(=O)N2CCc3ccc(Oc4ccc(C(F)(F)F)cc4)cc3C2)s1. The van der Waals surface area contributed by atoms with Crippen LogP contribution in [0.5, 0.6) is 11.5 Å². The van der Waals surface area contributed by atoms with Gasteiger partial charge in [-0.3, -0.25) is 4.79 Å². The number of benzene rings is 2. The summed E-state index contributed by atoms with van der Waals surface area (Å²) in [6.07, 6.45) is -2.68. The fraction of sp³-hybridized carbons (Fsp3) is 0.227. The molecule has 1 aliphatic rings. The molecule has 10 heteroatoms. The van der Waals surface area contributed by atoms with Gasteiger partial charge in [-0.05, 0) is 66.1 Å². The normalized spacial score (nSPS) is 14.2. The lowest BCUT2D eigenvalue weighted by molar-refractivity contribution is -0.137. The minimum Gasteiger partial charge on any atom is -0.457 e. The smallest absolute Gasteiger partial charge is 0.416 e. The molecule has 1 aliphatic heterocycles. The monoisotopic (exact) mass is 481 g/mol. The molecular weight excluding hydrogens is 463 g/mol. The molecule has 168 valence electrons. The molecule has 2 heterocycles. The van der Waals surface area contributed by atoms with Crippen molar-refractivity contribution in [2.75, 3.05) is 12.8 Å². The van der Waals surface area contributed by atoms with Crippen molar-refractivity contribution < 1.29 is 31.1 Å². The van der Waals surface area contributed by atoms with Gasteiger partial charge in [-0.2, -0.15) is 13.2 Å². The number of carbonyl (C=O) groups excluding carboxylic acids is 1. The largest absolute Gasteiger partial charge is 0.457 e. The number of amides is 1. The third-order valence-electron chi connectivity index (χ3n) is 5.05. The Kier molecular flexibility index (Phi) is 5.76. The Balaban J connectivity index is 1.49. The molecule has 0 aliphatic carbocycles. The highest BCUT2D eigenvalue weighted by molar-refractivity contribution is 7.92. The standard InChI is InChI=1S/C22H18F3NO4S2/c1-32(28,29)20-9-8-19(31-20)21(27)26-11-10-14-2-5-18(12-15(14)13-26)30-17-6-3-16(4-7-17)22(23,24)25/h2-9,12H,10-11,13H2,1H3. The summed E-state index contributed by atoms with van der Waals surface area (Å²) < 4.78 is 67.4. The van der Waals surface area contributed by atoms with Gasteiger partial charge in [0, 0.05) is 19.3 Å². The second-order valence-corrected chi connectivity index (χ2v) is 10.7. The third kappa shape index (κ3) is 4.81. The molecule has 0 spiro atoms. The lowest BCUT2D eigenvalue weighted by Crippen LogP contribution is -2.35. The fourth-order valence-electron chi connectivity index (χ4n) is 3.41. The van der Waals surface area contributed by atoms with E-state index in [0.29, 0.717) is 30.1 Å². The van der Waals surface area contributed by atoms with Crippen molar-refractivity contribution in [1.82, 2.24) is 4.90 Å². The number of rotatable bonds is 4. The molecule has 4 rings (SSSR count).